The van der Waals surface area contributed by atoms with Crippen molar-refractivity contribution in [1.82, 2.24) is 0 Å². The minimum Gasteiger partial charge on any atom is -0.327 e. The van der Waals surface area contributed by atoms with Crippen LogP contribution in [-0.4, -0.2) is 23.8 Å². The first-order valence-corrected chi connectivity index (χ1v) is 4.69. The Labute approximate surface area is 60.8 Å². The van der Waals surface area contributed by atoms with E-state index < -0.39 is 0 Å². The fourth-order valence-electron chi connectivity index (χ4n) is 0.361. The number of thiol groups is 1. The number of rotatable bonds is 4. The quantitative estimate of drug-likeness (QED) is 0.586. The Morgan fingerprint density at radius 3 is 2.75 bits per heavy atom. The molecule has 0 unspecified atom stereocenters. The van der Waals surface area contributed by atoms with Gasteiger partial charge in [-0.15, -0.1) is 0 Å². The van der Waals surface area contributed by atoms with Gasteiger partial charge < -0.3 is 5.73 Å². The Bertz CT molecular complexity index is 49.7. The number of hydrogen-bond acceptors (Lipinski definition) is 3. The highest BCUT2D eigenvalue weighted by molar-refractivity contribution is 7.98. The maximum atomic E-state index is 5.57. The van der Waals surface area contributed by atoms with Crippen LogP contribution in [-0.2, 0) is 0 Å². The second-order valence-electron chi connectivity index (χ2n) is 1.72. The van der Waals surface area contributed by atoms with Crippen molar-refractivity contribution in [2.45, 2.75) is 12.5 Å². The largest absolute Gasteiger partial charge is 0.327 e. The van der Waals surface area contributed by atoms with Crippen LogP contribution in [0, 0.1) is 0 Å². The van der Waals surface area contributed by atoms with Gasteiger partial charge in [-0.2, -0.15) is 24.4 Å². The van der Waals surface area contributed by atoms with Crippen LogP contribution in [0.25, 0.3) is 0 Å². The summed E-state index contributed by atoms with van der Waals surface area (Å²) in [6.07, 6.45) is 3.18. The second kappa shape index (κ2) is 5.79. The molecule has 0 rings (SSSR count). The molecule has 0 aromatic carbocycles. The van der Waals surface area contributed by atoms with Gasteiger partial charge in [0.25, 0.3) is 0 Å². The van der Waals surface area contributed by atoms with Crippen molar-refractivity contribution in [2.75, 3.05) is 17.8 Å². The lowest BCUT2D eigenvalue weighted by Crippen LogP contribution is -2.22. The highest BCUT2D eigenvalue weighted by Crippen LogP contribution is 1.98. The zero-order valence-corrected chi connectivity index (χ0v) is 6.84. The molecule has 0 spiro atoms. The van der Waals surface area contributed by atoms with E-state index in [1.807, 2.05) is 11.8 Å². The minimum absolute atomic E-state index is 0.297. The summed E-state index contributed by atoms with van der Waals surface area (Å²) < 4.78 is 0. The smallest absolute Gasteiger partial charge is 0.0135 e. The van der Waals surface area contributed by atoms with E-state index in [0.717, 1.165) is 17.9 Å². The monoisotopic (exact) mass is 151 g/mol. The van der Waals surface area contributed by atoms with Gasteiger partial charge in [-0.1, -0.05) is 0 Å². The summed E-state index contributed by atoms with van der Waals surface area (Å²) >= 11 is 5.89. The molecule has 1 atom stereocenters. The molecule has 0 fully saturated rings. The lowest BCUT2D eigenvalue weighted by atomic mass is 10.3. The summed E-state index contributed by atoms with van der Waals surface area (Å²) in [5, 5.41) is 0. The first kappa shape index (κ1) is 8.66. The SMILES string of the molecule is CSCC[C@H](N)CS. The van der Waals surface area contributed by atoms with Gasteiger partial charge in [0.05, 0.1) is 0 Å². The van der Waals surface area contributed by atoms with Gasteiger partial charge in [-0.3, -0.25) is 0 Å². The van der Waals surface area contributed by atoms with E-state index in [1.54, 1.807) is 0 Å². The molecule has 0 aliphatic carbocycles. The van der Waals surface area contributed by atoms with Crippen molar-refractivity contribution in [3.8, 4) is 0 Å². The summed E-state index contributed by atoms with van der Waals surface area (Å²) in [5.74, 6) is 1.96. The van der Waals surface area contributed by atoms with Crippen molar-refractivity contribution in [3.63, 3.8) is 0 Å². The van der Waals surface area contributed by atoms with E-state index in [4.69, 9.17) is 5.73 Å². The van der Waals surface area contributed by atoms with Gasteiger partial charge in [0.1, 0.15) is 0 Å². The molecule has 0 aliphatic rings. The molecule has 0 aliphatic heterocycles. The lowest BCUT2D eigenvalue weighted by Gasteiger charge is -2.04. The standard InChI is InChI=1S/C5H13NS2/c1-8-3-2-5(6)4-7/h5,7H,2-4,6H2,1H3/t5-/m0/s1. The first-order valence-electron chi connectivity index (χ1n) is 2.66. The van der Waals surface area contributed by atoms with Crippen LogP contribution < -0.4 is 5.73 Å². The summed E-state index contributed by atoms with van der Waals surface area (Å²) in [7, 11) is 0. The van der Waals surface area contributed by atoms with Crippen LogP contribution in [0.15, 0.2) is 0 Å². The van der Waals surface area contributed by atoms with E-state index in [1.165, 1.54) is 0 Å². The minimum atomic E-state index is 0.297. The van der Waals surface area contributed by atoms with Crippen molar-refractivity contribution in [1.29, 1.82) is 0 Å². The van der Waals surface area contributed by atoms with Gasteiger partial charge >= 0.3 is 0 Å². The predicted molar refractivity (Wildman–Crippen MR) is 44.8 cm³/mol. The molecule has 1 nitrogen and oxygen atoms in total. The molecule has 0 amide bonds. The molecule has 0 aromatic rings. The molecule has 50 valence electrons. The third-order valence-corrected chi connectivity index (χ3v) is 2.04. The Balaban J connectivity index is 2.86. The van der Waals surface area contributed by atoms with Crippen molar-refractivity contribution >= 4 is 24.4 Å². The molecule has 0 heterocycles. The summed E-state index contributed by atoms with van der Waals surface area (Å²) in [6, 6.07) is 0.297. The zero-order chi connectivity index (χ0) is 6.41. The van der Waals surface area contributed by atoms with E-state index in [-0.39, 0.29) is 0 Å². The van der Waals surface area contributed by atoms with Crippen LogP contribution in [0.5, 0.6) is 0 Å². The molecule has 0 saturated carbocycles. The number of thioether (sulfide) groups is 1. The van der Waals surface area contributed by atoms with Gasteiger partial charge in [0, 0.05) is 11.8 Å². The average molecular weight is 151 g/mol. The maximum Gasteiger partial charge on any atom is 0.0135 e. The average Bonchev–Trinajstić information content (AvgIpc) is 1.83. The number of nitrogens with two attached hydrogens (primary N) is 1. The lowest BCUT2D eigenvalue weighted by molar-refractivity contribution is 0.734. The molecular formula is C5H13NS2. The normalized spacial score (nSPS) is 13.9. The zero-order valence-electron chi connectivity index (χ0n) is 5.13. The molecule has 8 heavy (non-hydrogen) atoms. The Hall–Kier alpha value is 0.660. The molecule has 3 heteroatoms. The Morgan fingerprint density at radius 1 is 1.75 bits per heavy atom. The van der Waals surface area contributed by atoms with Crippen molar-refractivity contribution in [2.24, 2.45) is 5.73 Å². The summed E-state index contributed by atoms with van der Waals surface area (Å²) in [5.41, 5.74) is 5.57. The van der Waals surface area contributed by atoms with Gasteiger partial charge in [-0.25, -0.2) is 0 Å². The third-order valence-electron chi connectivity index (χ3n) is 0.927. The van der Waals surface area contributed by atoms with Crippen molar-refractivity contribution < 1.29 is 0 Å². The molecule has 0 radical (unpaired) electrons. The van der Waals surface area contributed by atoms with Gasteiger partial charge in [0.15, 0.2) is 0 Å². The van der Waals surface area contributed by atoms with Crippen LogP contribution in [0.3, 0.4) is 0 Å². The van der Waals surface area contributed by atoms with Gasteiger partial charge in [-0.05, 0) is 18.4 Å². The Kier molecular flexibility index (Phi) is 6.27. The van der Waals surface area contributed by atoms with E-state index in [9.17, 15) is 0 Å². The maximum absolute atomic E-state index is 5.57. The van der Waals surface area contributed by atoms with Crippen LogP contribution >= 0.6 is 24.4 Å². The summed E-state index contributed by atoms with van der Waals surface area (Å²) in [6.45, 7) is 0. The molecule has 0 bridgehead atoms. The third kappa shape index (κ3) is 4.81. The van der Waals surface area contributed by atoms with E-state index in [0.29, 0.717) is 6.04 Å². The van der Waals surface area contributed by atoms with Gasteiger partial charge in [0.2, 0.25) is 0 Å². The Morgan fingerprint density at radius 2 is 2.38 bits per heavy atom. The highest BCUT2D eigenvalue weighted by atomic mass is 32.2. The fourth-order valence-corrected chi connectivity index (χ4v) is 1.08. The van der Waals surface area contributed by atoms with Crippen LogP contribution in [0.2, 0.25) is 0 Å². The first-order chi connectivity index (χ1) is 3.81. The van der Waals surface area contributed by atoms with E-state index >= 15 is 0 Å². The molecule has 0 saturated heterocycles. The fraction of sp³-hybridized carbons (Fsp3) is 1.00. The van der Waals surface area contributed by atoms with Crippen molar-refractivity contribution in [3.05, 3.63) is 0 Å². The van der Waals surface area contributed by atoms with E-state index in [2.05, 4.69) is 18.9 Å². The summed E-state index contributed by atoms with van der Waals surface area (Å²) in [4.78, 5) is 0. The van der Waals surface area contributed by atoms with Crippen LogP contribution in [0.1, 0.15) is 6.42 Å². The predicted octanol–water partition coefficient (Wildman–Crippen LogP) is 0.997. The molecule has 0 aromatic heterocycles. The molecule has 2 N–H and O–H groups in total. The second-order valence-corrected chi connectivity index (χ2v) is 3.07. The highest BCUT2D eigenvalue weighted by Gasteiger charge is 1.95. The topological polar surface area (TPSA) is 26.0 Å². The van der Waals surface area contributed by atoms with Crippen LogP contribution in [0.4, 0.5) is 0 Å². The molecular weight excluding hydrogens is 138 g/mol. The number of hydrogen-bond donors (Lipinski definition) is 2.